The van der Waals surface area contributed by atoms with Gasteiger partial charge in [-0.15, -0.1) is 0 Å². The molecule has 0 spiro atoms. The number of hydrogen-bond donors (Lipinski definition) is 1. The number of hydrogen-bond acceptors (Lipinski definition) is 3. The fraction of sp³-hybridized carbons (Fsp3) is 0.391. The van der Waals surface area contributed by atoms with Gasteiger partial charge in [-0.2, -0.15) is 5.10 Å². The minimum Gasteiger partial charge on any atom is -0.489 e. The quantitative estimate of drug-likeness (QED) is 0.468. The summed E-state index contributed by atoms with van der Waals surface area (Å²) < 4.78 is 9.05. The van der Waals surface area contributed by atoms with E-state index in [0.717, 1.165) is 32.4 Å². The molecule has 3 aromatic rings. The van der Waals surface area contributed by atoms with Crippen molar-refractivity contribution in [3.8, 4) is 5.75 Å². The van der Waals surface area contributed by atoms with Crippen LogP contribution in [0.5, 0.6) is 5.75 Å². The van der Waals surface area contributed by atoms with Gasteiger partial charge in [-0.3, -0.25) is 9.48 Å². The lowest BCUT2D eigenvalue weighted by Crippen LogP contribution is -2.06. The Kier molecular flexibility index (Phi) is 5.90. The first-order valence-corrected chi connectivity index (χ1v) is 10.9. The predicted octanol–water partition coefficient (Wildman–Crippen LogP) is 6.07. The Labute approximate surface area is 178 Å². The number of nitrogens with zero attached hydrogens (tertiary/aromatic N) is 2. The van der Waals surface area contributed by atoms with Gasteiger partial charge in [0.05, 0.1) is 18.0 Å². The van der Waals surface area contributed by atoms with Crippen LogP contribution in [0.1, 0.15) is 62.1 Å². The SMILES string of the molecule is CC(CC(=O)O)c1ccc(OCc2ccc3c(Br)nn(C4CCCC4)c3c2)cc1. The molecule has 1 N–H and O–H groups in total. The van der Waals surface area contributed by atoms with E-state index in [0.29, 0.717) is 12.6 Å². The first-order chi connectivity index (χ1) is 14.0. The van der Waals surface area contributed by atoms with Gasteiger partial charge in [0.15, 0.2) is 0 Å². The molecule has 1 unspecified atom stereocenters. The molecule has 1 heterocycles. The molecule has 0 bridgehead atoms. The summed E-state index contributed by atoms with van der Waals surface area (Å²) in [6.07, 6.45) is 5.05. The van der Waals surface area contributed by atoms with E-state index in [1.165, 1.54) is 25.7 Å². The Bertz CT molecular complexity index is 1010. The normalized spacial score (nSPS) is 15.7. The Morgan fingerprint density at radius 2 is 1.97 bits per heavy atom. The lowest BCUT2D eigenvalue weighted by Gasteiger charge is -2.13. The second-order valence-corrected chi connectivity index (χ2v) is 8.63. The molecule has 1 aliphatic carbocycles. The van der Waals surface area contributed by atoms with Crippen molar-refractivity contribution in [1.82, 2.24) is 9.78 Å². The number of carboxylic acids is 1. The Hall–Kier alpha value is -2.34. The highest BCUT2D eigenvalue weighted by molar-refractivity contribution is 9.10. The Morgan fingerprint density at radius 1 is 1.24 bits per heavy atom. The maximum absolute atomic E-state index is 10.9. The van der Waals surface area contributed by atoms with Crippen LogP contribution >= 0.6 is 15.9 Å². The molecule has 1 aliphatic rings. The average molecular weight is 457 g/mol. The lowest BCUT2D eigenvalue weighted by atomic mass is 9.98. The summed E-state index contributed by atoms with van der Waals surface area (Å²) in [6, 6.07) is 14.5. The number of halogens is 1. The lowest BCUT2D eigenvalue weighted by molar-refractivity contribution is -0.137. The highest BCUT2D eigenvalue weighted by atomic mass is 79.9. The molecule has 0 radical (unpaired) electrons. The van der Waals surface area contributed by atoms with E-state index in [4.69, 9.17) is 14.9 Å². The first-order valence-electron chi connectivity index (χ1n) is 10.1. The summed E-state index contributed by atoms with van der Waals surface area (Å²) in [7, 11) is 0. The largest absolute Gasteiger partial charge is 0.489 e. The summed E-state index contributed by atoms with van der Waals surface area (Å²) in [4.78, 5) is 10.9. The highest BCUT2D eigenvalue weighted by Gasteiger charge is 2.21. The molecular weight excluding hydrogens is 432 g/mol. The zero-order valence-electron chi connectivity index (χ0n) is 16.5. The number of carbonyl (C=O) groups is 1. The maximum Gasteiger partial charge on any atom is 0.303 e. The number of ether oxygens (including phenoxy) is 1. The van der Waals surface area contributed by atoms with E-state index in [9.17, 15) is 4.79 Å². The zero-order chi connectivity index (χ0) is 20.4. The third-order valence-corrected chi connectivity index (χ3v) is 6.32. The van der Waals surface area contributed by atoms with Crippen LogP contribution in [0.4, 0.5) is 0 Å². The van der Waals surface area contributed by atoms with Crippen LogP contribution in [0.2, 0.25) is 0 Å². The first kappa shape index (κ1) is 20.0. The molecule has 152 valence electrons. The van der Waals surface area contributed by atoms with Gasteiger partial charge in [0, 0.05) is 5.39 Å². The Balaban J connectivity index is 1.47. The molecule has 4 rings (SSSR count). The minimum absolute atomic E-state index is 0.0155. The third-order valence-electron chi connectivity index (χ3n) is 5.73. The van der Waals surface area contributed by atoms with Crippen molar-refractivity contribution in [3.63, 3.8) is 0 Å². The van der Waals surface area contributed by atoms with Crippen molar-refractivity contribution in [3.05, 3.63) is 58.2 Å². The number of benzene rings is 2. The number of carboxylic acid groups (broad SMARTS) is 1. The summed E-state index contributed by atoms with van der Waals surface area (Å²) in [5.41, 5.74) is 3.27. The summed E-state index contributed by atoms with van der Waals surface area (Å²) in [5.74, 6) is -0.0168. The van der Waals surface area contributed by atoms with Gasteiger partial charge in [-0.25, -0.2) is 0 Å². The van der Waals surface area contributed by atoms with Gasteiger partial charge in [0.2, 0.25) is 0 Å². The standard InChI is InChI=1S/C23H25BrN2O3/c1-15(12-22(27)28)17-7-9-19(10-8-17)29-14-16-6-11-20-21(13-16)26(25-23(20)24)18-4-2-3-5-18/h6-11,13,15,18H,2-5,12,14H2,1H3,(H,27,28). The van der Waals surface area contributed by atoms with Gasteiger partial charge in [-0.1, -0.05) is 38.0 Å². The van der Waals surface area contributed by atoms with Crippen molar-refractivity contribution in [2.24, 2.45) is 0 Å². The molecule has 2 aromatic carbocycles. The molecule has 5 nitrogen and oxygen atoms in total. The highest BCUT2D eigenvalue weighted by Crippen LogP contribution is 2.34. The third kappa shape index (κ3) is 4.47. The van der Waals surface area contributed by atoms with Crippen molar-refractivity contribution >= 4 is 32.8 Å². The van der Waals surface area contributed by atoms with Crippen molar-refractivity contribution < 1.29 is 14.6 Å². The second-order valence-electron chi connectivity index (χ2n) is 7.88. The van der Waals surface area contributed by atoms with E-state index in [1.54, 1.807) is 0 Å². The topological polar surface area (TPSA) is 64.3 Å². The van der Waals surface area contributed by atoms with Gasteiger partial charge in [-0.05, 0) is 70.1 Å². The van der Waals surface area contributed by atoms with Crippen LogP contribution in [-0.2, 0) is 11.4 Å². The monoisotopic (exact) mass is 456 g/mol. The van der Waals surface area contributed by atoms with Crippen molar-refractivity contribution in [1.29, 1.82) is 0 Å². The van der Waals surface area contributed by atoms with Crippen LogP contribution < -0.4 is 4.74 Å². The molecule has 0 saturated heterocycles. The molecule has 1 fully saturated rings. The number of rotatable bonds is 7. The summed E-state index contributed by atoms with van der Waals surface area (Å²) in [6.45, 7) is 2.40. The van der Waals surface area contributed by atoms with E-state index in [2.05, 4.69) is 38.8 Å². The van der Waals surface area contributed by atoms with Gasteiger partial charge in [0.25, 0.3) is 0 Å². The molecule has 0 amide bonds. The molecule has 6 heteroatoms. The fourth-order valence-corrected chi connectivity index (χ4v) is 4.61. The van der Waals surface area contributed by atoms with Crippen molar-refractivity contribution in [2.75, 3.05) is 0 Å². The fourth-order valence-electron chi connectivity index (χ4n) is 4.10. The van der Waals surface area contributed by atoms with Crippen molar-refractivity contribution in [2.45, 2.75) is 57.6 Å². The Morgan fingerprint density at radius 3 is 2.66 bits per heavy atom. The molecule has 1 saturated carbocycles. The second kappa shape index (κ2) is 8.57. The van der Waals surface area contributed by atoms with Crippen LogP contribution in [-0.4, -0.2) is 20.9 Å². The molecular formula is C23H25BrN2O3. The van der Waals surface area contributed by atoms with Crippen LogP contribution in [0.15, 0.2) is 47.1 Å². The molecule has 1 aromatic heterocycles. The van der Waals surface area contributed by atoms with E-state index in [1.807, 2.05) is 31.2 Å². The molecule has 29 heavy (non-hydrogen) atoms. The zero-order valence-corrected chi connectivity index (χ0v) is 18.1. The van der Waals surface area contributed by atoms with Gasteiger partial charge >= 0.3 is 5.97 Å². The van der Waals surface area contributed by atoms with Crippen LogP contribution in [0.25, 0.3) is 10.9 Å². The average Bonchev–Trinajstić information content (AvgIpc) is 3.34. The smallest absolute Gasteiger partial charge is 0.303 e. The number of aliphatic carboxylic acids is 1. The van der Waals surface area contributed by atoms with Gasteiger partial charge < -0.3 is 9.84 Å². The van der Waals surface area contributed by atoms with Gasteiger partial charge in [0.1, 0.15) is 17.0 Å². The minimum atomic E-state index is -0.781. The number of fused-ring (bicyclic) bond motifs is 1. The van der Waals surface area contributed by atoms with E-state index < -0.39 is 5.97 Å². The predicted molar refractivity (Wildman–Crippen MR) is 116 cm³/mol. The molecule has 0 aliphatic heterocycles. The van der Waals surface area contributed by atoms with Crippen LogP contribution in [0, 0.1) is 0 Å². The van der Waals surface area contributed by atoms with Crippen LogP contribution in [0.3, 0.4) is 0 Å². The number of aromatic nitrogens is 2. The van der Waals surface area contributed by atoms with E-state index >= 15 is 0 Å². The molecule has 1 atom stereocenters. The van der Waals surface area contributed by atoms with E-state index in [-0.39, 0.29) is 12.3 Å². The maximum atomic E-state index is 10.9. The summed E-state index contributed by atoms with van der Waals surface area (Å²) >= 11 is 3.60. The summed E-state index contributed by atoms with van der Waals surface area (Å²) in [5, 5.41) is 14.8.